The van der Waals surface area contributed by atoms with E-state index in [0.29, 0.717) is 25.4 Å². The lowest BCUT2D eigenvalue weighted by Crippen LogP contribution is -2.06. The highest BCUT2D eigenvalue weighted by molar-refractivity contribution is 5.86. The van der Waals surface area contributed by atoms with Crippen LogP contribution in [0.4, 0.5) is 0 Å². The van der Waals surface area contributed by atoms with E-state index in [1.165, 1.54) is 13.2 Å². The van der Waals surface area contributed by atoms with E-state index in [4.69, 9.17) is 9.47 Å². The summed E-state index contributed by atoms with van der Waals surface area (Å²) in [5, 5.41) is 0. The van der Waals surface area contributed by atoms with Gasteiger partial charge in [-0.3, -0.25) is 0 Å². The van der Waals surface area contributed by atoms with Gasteiger partial charge in [0, 0.05) is 18.3 Å². The van der Waals surface area contributed by atoms with Gasteiger partial charge in [0.2, 0.25) is 0 Å². The van der Waals surface area contributed by atoms with Gasteiger partial charge in [0.15, 0.2) is 0 Å². The van der Waals surface area contributed by atoms with Gasteiger partial charge in [-0.1, -0.05) is 43.9 Å². The van der Waals surface area contributed by atoms with Crippen molar-refractivity contribution in [2.24, 2.45) is 0 Å². The minimum atomic E-state index is -0.404. The number of carbonyl (C=O) groups excluding carboxylic acids is 2. The molecule has 0 saturated heterocycles. The van der Waals surface area contributed by atoms with E-state index >= 15 is 0 Å². The molecule has 0 aromatic carbocycles. The largest absolute Gasteiger partial charge is 0.466 e. The van der Waals surface area contributed by atoms with Crippen LogP contribution in [0.15, 0.2) is 60.8 Å². The van der Waals surface area contributed by atoms with E-state index < -0.39 is 5.97 Å². The van der Waals surface area contributed by atoms with E-state index in [1.807, 2.05) is 12.2 Å². The quantitative estimate of drug-likeness (QED) is 0.202. The molecule has 0 aromatic rings. The Hall–Kier alpha value is -2.40. The molecule has 0 aliphatic heterocycles. The SMILES string of the molecule is C=C/C=C(\C=C/COCCCCCCOC(=O)C(=C)C)/C=C/C(=O)OC. The van der Waals surface area contributed by atoms with E-state index in [0.717, 1.165) is 31.3 Å². The highest BCUT2D eigenvalue weighted by Gasteiger charge is 2.01. The van der Waals surface area contributed by atoms with Crippen molar-refractivity contribution in [3.05, 3.63) is 60.8 Å². The fourth-order valence-electron chi connectivity index (χ4n) is 1.82. The van der Waals surface area contributed by atoms with Crippen molar-refractivity contribution in [2.75, 3.05) is 26.9 Å². The normalized spacial score (nSPS) is 11.7. The lowest BCUT2D eigenvalue weighted by Gasteiger charge is -2.04. The maximum Gasteiger partial charge on any atom is 0.333 e. The Balaban J connectivity index is 3.76. The van der Waals surface area contributed by atoms with Crippen molar-refractivity contribution in [2.45, 2.75) is 32.6 Å². The predicted octanol–water partition coefficient (Wildman–Crippen LogP) is 4.08. The van der Waals surface area contributed by atoms with Gasteiger partial charge in [0.05, 0.1) is 20.3 Å². The Bertz CT molecular complexity index is 541. The highest BCUT2D eigenvalue weighted by Crippen LogP contribution is 2.03. The van der Waals surface area contributed by atoms with Crippen molar-refractivity contribution in [1.29, 1.82) is 0 Å². The summed E-state index contributed by atoms with van der Waals surface area (Å²) >= 11 is 0. The highest BCUT2D eigenvalue weighted by atomic mass is 16.5. The standard InChI is InChI=1S/C21H30O5/c1-5-11-19(13-14-20(22)24-4)12-10-16-25-15-8-6-7-9-17-26-21(23)18(2)3/h5,10-14H,1-2,6-9,15-17H2,3-4H3/b12-10-,14-13+,19-11+. The lowest BCUT2D eigenvalue weighted by molar-refractivity contribution is -0.139. The third kappa shape index (κ3) is 14.0. The third-order valence-electron chi connectivity index (χ3n) is 3.21. The predicted molar refractivity (Wildman–Crippen MR) is 104 cm³/mol. The third-order valence-corrected chi connectivity index (χ3v) is 3.21. The van der Waals surface area contributed by atoms with E-state index in [2.05, 4.69) is 17.9 Å². The number of methoxy groups -OCH3 is 1. The van der Waals surface area contributed by atoms with Crippen molar-refractivity contribution in [1.82, 2.24) is 0 Å². The minimum Gasteiger partial charge on any atom is -0.466 e. The van der Waals surface area contributed by atoms with Gasteiger partial charge in [0.1, 0.15) is 0 Å². The summed E-state index contributed by atoms with van der Waals surface area (Å²) in [6.45, 7) is 10.4. The molecule has 5 heteroatoms. The Labute approximate surface area is 156 Å². The Morgan fingerprint density at radius 3 is 2.31 bits per heavy atom. The first-order chi connectivity index (χ1) is 12.5. The maximum atomic E-state index is 11.2. The molecule has 0 heterocycles. The van der Waals surface area contributed by atoms with Gasteiger partial charge in [-0.05, 0) is 37.8 Å². The number of rotatable bonds is 14. The second kappa shape index (κ2) is 16.1. The molecule has 26 heavy (non-hydrogen) atoms. The molecule has 0 atom stereocenters. The minimum absolute atomic E-state index is 0.327. The van der Waals surface area contributed by atoms with Crippen LogP contribution in [-0.4, -0.2) is 38.9 Å². The summed E-state index contributed by atoms with van der Waals surface area (Å²) in [5.74, 6) is -0.731. The first-order valence-corrected chi connectivity index (χ1v) is 8.67. The van der Waals surface area contributed by atoms with E-state index in [-0.39, 0.29) is 5.97 Å². The smallest absolute Gasteiger partial charge is 0.333 e. The van der Waals surface area contributed by atoms with Gasteiger partial charge in [-0.25, -0.2) is 9.59 Å². The molecule has 0 amide bonds. The molecular formula is C21H30O5. The van der Waals surface area contributed by atoms with Crippen LogP contribution >= 0.6 is 0 Å². The van der Waals surface area contributed by atoms with Crippen molar-refractivity contribution in [3.8, 4) is 0 Å². The first-order valence-electron chi connectivity index (χ1n) is 8.67. The molecule has 0 radical (unpaired) electrons. The molecule has 0 N–H and O–H groups in total. The summed E-state index contributed by atoms with van der Waals surface area (Å²) < 4.78 is 15.1. The topological polar surface area (TPSA) is 61.8 Å². The Morgan fingerprint density at radius 2 is 1.69 bits per heavy atom. The van der Waals surface area contributed by atoms with Gasteiger partial charge in [0.25, 0.3) is 0 Å². The number of hydrogen-bond donors (Lipinski definition) is 0. The van der Waals surface area contributed by atoms with Crippen molar-refractivity contribution >= 4 is 11.9 Å². The molecule has 144 valence electrons. The molecule has 0 saturated carbocycles. The zero-order valence-corrected chi connectivity index (χ0v) is 15.9. The van der Waals surface area contributed by atoms with E-state index in [1.54, 1.807) is 25.2 Å². The average Bonchev–Trinajstić information content (AvgIpc) is 2.63. The van der Waals surface area contributed by atoms with Crippen LogP contribution in [0.3, 0.4) is 0 Å². The van der Waals surface area contributed by atoms with Crippen LogP contribution in [0.1, 0.15) is 32.6 Å². The average molecular weight is 362 g/mol. The molecule has 0 unspecified atom stereocenters. The molecule has 0 spiro atoms. The van der Waals surface area contributed by atoms with Gasteiger partial charge >= 0.3 is 11.9 Å². The van der Waals surface area contributed by atoms with Crippen LogP contribution in [0, 0.1) is 0 Å². The molecule has 0 fully saturated rings. The van der Waals surface area contributed by atoms with Crippen LogP contribution in [0.25, 0.3) is 0 Å². The van der Waals surface area contributed by atoms with Gasteiger partial charge in [-0.2, -0.15) is 0 Å². The van der Waals surface area contributed by atoms with Crippen LogP contribution in [-0.2, 0) is 23.8 Å². The number of hydrogen-bond acceptors (Lipinski definition) is 5. The van der Waals surface area contributed by atoms with Crippen LogP contribution in [0.2, 0.25) is 0 Å². The fourth-order valence-corrected chi connectivity index (χ4v) is 1.82. The van der Waals surface area contributed by atoms with Crippen molar-refractivity contribution < 1.29 is 23.8 Å². The molecule has 0 rings (SSSR count). The number of unbranched alkanes of at least 4 members (excludes halogenated alkanes) is 3. The fraction of sp³-hybridized carbons (Fsp3) is 0.429. The number of ether oxygens (including phenoxy) is 3. The van der Waals surface area contributed by atoms with Crippen LogP contribution < -0.4 is 0 Å². The molecule has 0 aromatic heterocycles. The summed E-state index contributed by atoms with van der Waals surface area (Å²) in [6.07, 6.45) is 14.0. The summed E-state index contributed by atoms with van der Waals surface area (Å²) in [4.78, 5) is 22.3. The second-order valence-electron chi connectivity index (χ2n) is 5.57. The molecular weight excluding hydrogens is 332 g/mol. The van der Waals surface area contributed by atoms with Crippen molar-refractivity contribution in [3.63, 3.8) is 0 Å². The second-order valence-corrected chi connectivity index (χ2v) is 5.57. The number of carbonyl (C=O) groups is 2. The van der Waals surface area contributed by atoms with E-state index in [9.17, 15) is 9.59 Å². The number of esters is 2. The summed E-state index contributed by atoms with van der Waals surface area (Å²) in [6, 6.07) is 0. The zero-order chi connectivity index (χ0) is 19.6. The number of allylic oxidation sites excluding steroid dienone is 5. The first kappa shape index (κ1) is 23.6. The molecule has 0 aliphatic carbocycles. The van der Waals surface area contributed by atoms with Crippen LogP contribution in [0.5, 0.6) is 0 Å². The summed E-state index contributed by atoms with van der Waals surface area (Å²) in [5.41, 5.74) is 1.26. The molecule has 0 bridgehead atoms. The Kier molecular flexibility index (Phi) is 14.6. The molecule has 0 aliphatic rings. The monoisotopic (exact) mass is 362 g/mol. The van der Waals surface area contributed by atoms with Gasteiger partial charge in [-0.15, -0.1) is 0 Å². The molecule has 5 nitrogen and oxygen atoms in total. The summed E-state index contributed by atoms with van der Waals surface area (Å²) in [7, 11) is 1.34. The Morgan fingerprint density at radius 1 is 1.00 bits per heavy atom. The zero-order valence-electron chi connectivity index (χ0n) is 15.9. The lowest BCUT2D eigenvalue weighted by atomic mass is 10.2. The van der Waals surface area contributed by atoms with Gasteiger partial charge < -0.3 is 14.2 Å². The maximum absolute atomic E-state index is 11.2.